The first kappa shape index (κ1) is 60.1. The second-order valence-corrected chi connectivity index (χ2v) is 35.6. The lowest BCUT2D eigenvalue weighted by molar-refractivity contribution is 0.568. The topological polar surface area (TPSA) is 29.5 Å². The monoisotopic (exact) mass is 1430 g/mol. The van der Waals surface area contributed by atoms with Gasteiger partial charge < -0.3 is 23.4 Å². The molecule has 19 rings (SSSR count). The molecule has 6 heteroatoms. The zero-order valence-electron chi connectivity index (χ0n) is 73.4. The normalized spacial score (nSPS) is 14.4. The van der Waals surface area contributed by atoms with E-state index in [9.17, 15) is 11.0 Å². The van der Waals surface area contributed by atoms with Crippen molar-refractivity contribution in [3.8, 4) is 55.9 Å². The Morgan fingerprint density at radius 1 is 0.291 bits per heavy atom. The predicted octanol–water partition coefficient (Wildman–Crippen LogP) is 27.0. The van der Waals surface area contributed by atoms with Gasteiger partial charge in [-0.2, -0.15) is 0 Å². The van der Waals surface area contributed by atoms with Crippen molar-refractivity contribution < 1.29 is 15.4 Å². The Morgan fingerprint density at radius 2 is 0.764 bits per heavy atom. The number of aromatic nitrogens is 2. The van der Waals surface area contributed by atoms with E-state index in [4.69, 9.17) is 4.42 Å². The summed E-state index contributed by atoms with van der Waals surface area (Å²) >= 11 is 0. The van der Waals surface area contributed by atoms with Gasteiger partial charge in [-0.25, -0.2) is 0 Å². The van der Waals surface area contributed by atoms with Gasteiger partial charge in [0.25, 0.3) is 6.71 Å². The smallest absolute Gasteiger partial charge is 0.252 e. The number of anilines is 6. The number of rotatable bonds is 8. The third-order valence-corrected chi connectivity index (χ3v) is 23.3. The highest BCUT2D eigenvalue weighted by Gasteiger charge is 2.46. The third kappa shape index (κ3) is 11.2. The van der Waals surface area contributed by atoms with Crippen molar-refractivity contribution >= 4 is 123 Å². The van der Waals surface area contributed by atoms with Gasteiger partial charge in [0.05, 0.1) is 49.8 Å². The molecule has 0 saturated heterocycles. The molecule has 0 amide bonds. The molecule has 538 valence electrons. The first-order valence-electron chi connectivity index (χ1n) is 42.7. The average Bonchev–Trinajstić information content (AvgIpc) is 1.57. The van der Waals surface area contributed by atoms with Crippen LogP contribution in [0.5, 0.6) is 0 Å². The summed E-state index contributed by atoms with van der Waals surface area (Å²) in [5, 5.41) is 3.92. The van der Waals surface area contributed by atoms with Crippen LogP contribution in [0, 0.1) is 0 Å². The third-order valence-electron chi connectivity index (χ3n) is 23.3. The van der Waals surface area contributed by atoms with Crippen LogP contribution in [0.2, 0.25) is 0 Å². The zero-order chi connectivity index (χ0) is 82.8. The van der Waals surface area contributed by atoms with Crippen LogP contribution in [-0.4, -0.2) is 15.8 Å². The van der Waals surface area contributed by atoms with Gasteiger partial charge in [0.15, 0.2) is 0 Å². The average molecular weight is 1430 g/mol. The van der Waals surface area contributed by atoms with Crippen molar-refractivity contribution in [3.63, 3.8) is 0 Å². The van der Waals surface area contributed by atoms with Gasteiger partial charge in [0.2, 0.25) is 0 Å². The van der Waals surface area contributed by atoms with E-state index in [0.717, 1.165) is 144 Å². The van der Waals surface area contributed by atoms with E-state index in [-0.39, 0.29) is 61.0 Å². The highest BCUT2D eigenvalue weighted by Crippen LogP contribution is 2.55. The molecule has 0 bridgehead atoms. The Morgan fingerprint density at radius 3 is 1.37 bits per heavy atom. The molecule has 0 saturated carbocycles. The molecule has 5 nitrogen and oxygen atoms in total. The van der Waals surface area contributed by atoms with E-state index in [1.165, 1.54) is 27.8 Å². The molecule has 0 fully saturated rings. The van der Waals surface area contributed by atoms with Gasteiger partial charge in [0.1, 0.15) is 11.2 Å². The summed E-state index contributed by atoms with van der Waals surface area (Å²) in [5.41, 5.74) is 26.3. The van der Waals surface area contributed by atoms with Crippen LogP contribution in [0.3, 0.4) is 0 Å². The van der Waals surface area contributed by atoms with Gasteiger partial charge in [0, 0.05) is 66.6 Å². The Balaban J connectivity index is 1.05. The fourth-order valence-corrected chi connectivity index (χ4v) is 17.3. The minimum absolute atomic E-state index is 0.00461. The molecule has 14 aromatic carbocycles. The maximum Gasteiger partial charge on any atom is 0.252 e. The molecule has 0 atom stereocenters. The molecule has 0 spiro atoms. The molecule has 2 aliphatic rings. The number of hydrogen-bond acceptors (Lipinski definition) is 3. The first-order chi connectivity index (χ1) is 56.0. The van der Waals surface area contributed by atoms with E-state index in [2.05, 4.69) is 349 Å². The summed E-state index contributed by atoms with van der Waals surface area (Å²) in [6, 6.07) is 85.6. The Labute approximate surface area is 659 Å². The number of benzene rings is 14. The van der Waals surface area contributed by atoms with Crippen molar-refractivity contribution in [1.82, 2.24) is 9.13 Å². The minimum atomic E-state index is -0.542. The Bertz CT molecular complexity index is 6980. The van der Waals surface area contributed by atoms with Crippen molar-refractivity contribution in [2.24, 2.45) is 0 Å². The van der Waals surface area contributed by atoms with Crippen LogP contribution in [0.25, 0.3) is 121 Å². The summed E-state index contributed by atoms with van der Waals surface area (Å²) in [4.78, 5) is 5.06. The van der Waals surface area contributed by atoms with Gasteiger partial charge >= 0.3 is 0 Å². The van der Waals surface area contributed by atoms with E-state index < -0.39 is 43.0 Å². The summed E-state index contributed by atoms with van der Waals surface area (Å²) in [5.74, 6) is 0. The van der Waals surface area contributed by atoms with Crippen molar-refractivity contribution in [1.29, 1.82) is 0 Å². The lowest BCUT2D eigenvalue weighted by atomic mass is 9.33. The van der Waals surface area contributed by atoms with Crippen LogP contribution < -0.4 is 26.2 Å². The van der Waals surface area contributed by atoms with Crippen LogP contribution in [0.15, 0.2) is 295 Å². The van der Waals surface area contributed by atoms with Crippen molar-refractivity contribution in [2.75, 3.05) is 9.80 Å². The van der Waals surface area contributed by atoms with Crippen molar-refractivity contribution in [3.05, 3.63) is 319 Å². The lowest BCUT2D eigenvalue weighted by Gasteiger charge is -2.45. The fourth-order valence-electron chi connectivity index (χ4n) is 17.3. The molecular formula is C104H93BN4O. The van der Waals surface area contributed by atoms with Crippen LogP contribution in [0.1, 0.15) is 143 Å². The van der Waals surface area contributed by atoms with E-state index in [1.54, 1.807) is 4.57 Å². The van der Waals surface area contributed by atoms with Gasteiger partial charge in [-0.1, -0.05) is 304 Å². The molecule has 0 radical (unpaired) electrons. The molecule has 0 unspecified atom stereocenters. The summed E-state index contributed by atoms with van der Waals surface area (Å²) < 4.78 is 87.8. The molecule has 3 aromatic heterocycles. The molecule has 0 aliphatic carbocycles. The molecule has 110 heavy (non-hydrogen) atoms. The summed E-state index contributed by atoms with van der Waals surface area (Å²) in [6.45, 7) is 33.7. The molecule has 0 N–H and O–H groups in total. The number of fused-ring (bicyclic) bond motifs is 13. The second kappa shape index (κ2) is 24.8. The first-order valence-corrected chi connectivity index (χ1v) is 38.7. The molecule has 5 heterocycles. The van der Waals surface area contributed by atoms with Crippen LogP contribution in [-0.2, 0) is 27.1 Å². The number of para-hydroxylation sites is 5. The van der Waals surface area contributed by atoms with Crippen LogP contribution in [0.4, 0.5) is 34.1 Å². The number of furan rings is 1. The maximum atomic E-state index is 9.99. The Kier molecular flexibility index (Phi) is 13.6. The van der Waals surface area contributed by atoms with Gasteiger partial charge in [-0.3, -0.25) is 0 Å². The Hall–Kier alpha value is -11.9. The van der Waals surface area contributed by atoms with E-state index in [0.29, 0.717) is 5.69 Å². The summed E-state index contributed by atoms with van der Waals surface area (Å²) in [7, 11) is 0. The van der Waals surface area contributed by atoms with Crippen LogP contribution >= 0.6 is 0 Å². The zero-order valence-corrected chi connectivity index (χ0v) is 65.4. The lowest BCUT2D eigenvalue weighted by Crippen LogP contribution is -2.61. The quantitative estimate of drug-likeness (QED) is 0.142. The predicted molar refractivity (Wildman–Crippen MR) is 472 cm³/mol. The second-order valence-electron chi connectivity index (χ2n) is 35.6. The van der Waals surface area contributed by atoms with E-state index in [1.807, 2.05) is 12.1 Å². The van der Waals surface area contributed by atoms with Crippen molar-refractivity contribution in [2.45, 2.75) is 131 Å². The standard InChI is InChI=1S/C104H93BN4O/c1-100(2,3)71-45-42-64(43-46-71)69-57-90-96(81-36-24-28-40-87(81)106(90)76-32-20-17-21-33-76)91(58-69)108-89-63-77(107-85-38-26-22-34-79(85)80-35-23-27-39-86(80)107)47-50-84(89)105-83-49-44-66(67-52-72(101(4,5)6)61-73(53-67)102(7,8)9)56-88(83)109(99-78(65-30-18-16-19-31-65)48-51-95-97(99)82-37-25-29-41-94(82)110-95)93-60-70(59-92(108)98(93)105)68-54-74(103(10,11)12)62-75(55-68)104(13,14)15/h16-63H,1-15H3/i22D,23D,26D,27D,34D,35D,38D,39D. The fraction of sp³-hybridized carbons (Fsp3) is 0.192. The molecule has 2 aliphatic heterocycles. The molecule has 17 aromatic rings. The number of nitrogens with zero attached hydrogens (tertiary/aromatic N) is 4. The van der Waals surface area contributed by atoms with Gasteiger partial charge in [-0.15, -0.1) is 0 Å². The SMILES string of the molecule is [2H]c1c([2H])c([2H])c2c(c1[2H])c1c([2H])c([2H])c([2H])c([2H])c1n2-c1ccc2c(c1)N(c1cc(-c3ccc(C(C)(C)C)cc3)cc3c1c1ccccc1n3-c1ccccc1)c1cc(-c3cc(C(C)(C)C)cc(C(C)(C)C)c3)cc3c1B2c1ccc(-c2cc(C(C)(C)C)cc(C(C)(C)C)c2)cc1N3c1c(-c2ccccc2)ccc2oc3ccccc3c12. The minimum Gasteiger partial charge on any atom is -0.456 e. The highest BCUT2D eigenvalue weighted by atomic mass is 16.3. The highest BCUT2D eigenvalue weighted by molar-refractivity contribution is 7.00. The summed E-state index contributed by atoms with van der Waals surface area (Å²) in [6.07, 6.45) is 0. The maximum absolute atomic E-state index is 9.99. The van der Waals surface area contributed by atoms with Gasteiger partial charge in [-0.05, 0) is 201 Å². The molecular weight excluding hydrogens is 1330 g/mol. The van der Waals surface area contributed by atoms with E-state index >= 15 is 0 Å². The largest absolute Gasteiger partial charge is 0.456 e. The number of hydrogen-bond donors (Lipinski definition) is 0.